The summed E-state index contributed by atoms with van der Waals surface area (Å²) in [4.78, 5) is 10.7. The highest BCUT2D eigenvalue weighted by atomic mass is 15.1. The van der Waals surface area contributed by atoms with E-state index in [1.165, 1.54) is 75.9 Å². The predicted molar refractivity (Wildman–Crippen MR) is 209 cm³/mol. The fourth-order valence-electron chi connectivity index (χ4n) is 8.59. The molecule has 50 heavy (non-hydrogen) atoms. The van der Waals surface area contributed by atoms with Gasteiger partial charge in [0, 0.05) is 32.5 Å². The number of benzene rings is 8. The van der Waals surface area contributed by atoms with Crippen LogP contribution >= 0.6 is 0 Å². The highest BCUT2D eigenvalue weighted by Crippen LogP contribution is 2.47. The molecule has 0 spiro atoms. The maximum absolute atomic E-state index is 5.51. The van der Waals surface area contributed by atoms with Crippen LogP contribution in [0.15, 0.2) is 158 Å². The molecular formula is C46H26N4. The van der Waals surface area contributed by atoms with Crippen molar-refractivity contribution in [2.75, 3.05) is 0 Å². The molecule has 12 rings (SSSR count). The van der Waals surface area contributed by atoms with Crippen molar-refractivity contribution in [1.82, 2.24) is 18.9 Å². The van der Waals surface area contributed by atoms with Crippen molar-refractivity contribution in [2.24, 2.45) is 0 Å². The average molecular weight is 635 g/mol. The van der Waals surface area contributed by atoms with Crippen LogP contribution in [0.3, 0.4) is 0 Å². The van der Waals surface area contributed by atoms with Crippen molar-refractivity contribution in [3.63, 3.8) is 0 Å². The first kappa shape index (κ1) is 26.2. The van der Waals surface area contributed by atoms with Gasteiger partial charge in [0.25, 0.3) is 0 Å². The van der Waals surface area contributed by atoms with Crippen LogP contribution in [-0.4, -0.2) is 18.9 Å². The first-order valence-electron chi connectivity index (χ1n) is 17.1. The molecule has 0 fully saturated rings. The molecular weight excluding hydrogens is 609 g/mol. The molecule has 0 radical (unpaired) electrons. The normalized spacial score (nSPS) is 12.4. The molecule has 12 aromatic rings. The molecule has 0 N–H and O–H groups in total. The monoisotopic (exact) mass is 634 g/mol. The Morgan fingerprint density at radius 3 is 1.86 bits per heavy atom. The molecule has 4 nitrogen and oxygen atoms in total. The first-order chi connectivity index (χ1) is 24.8. The fraction of sp³-hybridized carbons (Fsp3) is 0. The van der Waals surface area contributed by atoms with E-state index in [2.05, 4.69) is 167 Å². The minimum absolute atomic E-state index is 0.715. The van der Waals surface area contributed by atoms with E-state index in [1.807, 2.05) is 0 Å². The third-order valence-corrected chi connectivity index (χ3v) is 10.7. The molecule has 0 atom stereocenters. The lowest BCUT2D eigenvalue weighted by Crippen LogP contribution is -2.02. The first-order valence-corrected chi connectivity index (χ1v) is 17.1. The maximum Gasteiger partial charge on any atom is 0.162 e. The van der Waals surface area contributed by atoms with Gasteiger partial charge in [-0.25, -0.2) is 9.97 Å². The van der Waals surface area contributed by atoms with Gasteiger partial charge in [-0.3, -0.25) is 4.57 Å². The zero-order valence-corrected chi connectivity index (χ0v) is 26.8. The fourth-order valence-corrected chi connectivity index (χ4v) is 8.59. The maximum atomic E-state index is 5.51. The second-order valence-electron chi connectivity index (χ2n) is 13.4. The van der Waals surface area contributed by atoms with Gasteiger partial charge in [-0.2, -0.15) is 0 Å². The third kappa shape index (κ3) is 3.34. The Morgan fingerprint density at radius 2 is 1.02 bits per heavy atom. The van der Waals surface area contributed by atoms with Crippen LogP contribution in [0.4, 0.5) is 0 Å². The number of hydrogen-bond donors (Lipinski definition) is 0. The third-order valence-electron chi connectivity index (χ3n) is 10.7. The van der Waals surface area contributed by atoms with E-state index in [1.54, 1.807) is 0 Å². The van der Waals surface area contributed by atoms with Gasteiger partial charge >= 0.3 is 0 Å². The standard InChI is InChI=1S/C46H26N4/c1-2-12-28-23-32(22-21-27(28)11-1)45-47-38-19-9-7-17-34(38)46(48-45)50-40-26-30-14-4-3-13-29(30)24-36(40)43-44(50)37-25-31-15-5-6-16-33(31)41-35-18-8-10-20-39(35)49(43)42(37)41/h1-26H. The Hall–Kier alpha value is -6.78. The summed E-state index contributed by atoms with van der Waals surface area (Å²) in [7, 11) is 0. The van der Waals surface area contributed by atoms with E-state index >= 15 is 0 Å². The van der Waals surface area contributed by atoms with Crippen LogP contribution < -0.4 is 0 Å². The largest absolute Gasteiger partial charge is 0.306 e. The number of hydrogen-bond acceptors (Lipinski definition) is 2. The van der Waals surface area contributed by atoms with Gasteiger partial charge in [0.1, 0.15) is 5.82 Å². The quantitative estimate of drug-likeness (QED) is 0.190. The molecule has 0 bridgehead atoms. The van der Waals surface area contributed by atoms with Crippen LogP contribution in [0.1, 0.15) is 0 Å². The van der Waals surface area contributed by atoms with Gasteiger partial charge in [0.2, 0.25) is 0 Å². The van der Waals surface area contributed by atoms with Gasteiger partial charge in [-0.05, 0) is 74.8 Å². The van der Waals surface area contributed by atoms with Gasteiger partial charge in [-0.1, -0.05) is 115 Å². The highest BCUT2D eigenvalue weighted by Gasteiger charge is 2.27. The number of nitrogens with zero attached hydrogens (tertiary/aromatic N) is 4. The lowest BCUT2D eigenvalue weighted by atomic mass is 10.0. The molecule has 4 heterocycles. The summed E-state index contributed by atoms with van der Waals surface area (Å²) in [6.07, 6.45) is 0. The summed E-state index contributed by atoms with van der Waals surface area (Å²) < 4.78 is 4.94. The van der Waals surface area contributed by atoms with Gasteiger partial charge in [0.15, 0.2) is 5.82 Å². The minimum atomic E-state index is 0.715. The Balaban J connectivity index is 1.32. The number of rotatable bonds is 2. The molecule has 0 aliphatic rings. The zero-order valence-electron chi connectivity index (χ0n) is 26.8. The summed E-state index contributed by atoms with van der Waals surface area (Å²) in [5.74, 6) is 1.60. The van der Waals surface area contributed by atoms with E-state index in [9.17, 15) is 0 Å². The summed E-state index contributed by atoms with van der Waals surface area (Å²) in [5, 5.41) is 13.3. The lowest BCUT2D eigenvalue weighted by molar-refractivity contribution is 1.08. The van der Waals surface area contributed by atoms with Crippen LogP contribution in [-0.2, 0) is 0 Å². The van der Waals surface area contributed by atoms with Crippen LogP contribution in [0, 0.1) is 0 Å². The van der Waals surface area contributed by atoms with Crippen molar-refractivity contribution in [2.45, 2.75) is 0 Å². The van der Waals surface area contributed by atoms with Crippen LogP contribution in [0.5, 0.6) is 0 Å². The Labute approximate surface area is 285 Å². The van der Waals surface area contributed by atoms with E-state index in [4.69, 9.17) is 9.97 Å². The SMILES string of the molecule is c1ccc2cc(-c3nc(-n4c5cc6ccccc6cc5c5c4c4cc6ccccc6c6c7ccccc7n5c46)c4ccccc4n3)ccc2c1. The lowest BCUT2D eigenvalue weighted by Gasteiger charge is -2.13. The van der Waals surface area contributed by atoms with Gasteiger partial charge < -0.3 is 4.40 Å². The van der Waals surface area contributed by atoms with Gasteiger partial charge in [-0.15, -0.1) is 0 Å². The molecule has 0 unspecified atom stereocenters. The zero-order chi connectivity index (χ0) is 32.5. The Kier molecular flexibility index (Phi) is 4.94. The molecule has 0 aliphatic heterocycles. The average Bonchev–Trinajstić information content (AvgIpc) is 3.80. The van der Waals surface area contributed by atoms with Crippen molar-refractivity contribution in [3.8, 4) is 17.2 Å². The van der Waals surface area contributed by atoms with Gasteiger partial charge in [0.05, 0.1) is 33.1 Å². The summed E-state index contributed by atoms with van der Waals surface area (Å²) in [6.45, 7) is 0. The predicted octanol–water partition coefficient (Wildman–Crippen LogP) is 11.9. The molecule has 0 amide bonds. The van der Waals surface area contributed by atoms with Crippen molar-refractivity contribution in [1.29, 1.82) is 0 Å². The Morgan fingerprint density at radius 1 is 0.380 bits per heavy atom. The smallest absolute Gasteiger partial charge is 0.162 e. The summed E-state index contributed by atoms with van der Waals surface area (Å²) in [6, 6.07) is 56.9. The van der Waals surface area contributed by atoms with Crippen molar-refractivity contribution >= 4 is 92.3 Å². The number of aromatic nitrogens is 4. The number of fused-ring (bicyclic) bond motifs is 13. The van der Waals surface area contributed by atoms with E-state index in [-0.39, 0.29) is 0 Å². The second kappa shape index (κ2) is 9.43. The van der Waals surface area contributed by atoms with Crippen LogP contribution in [0.2, 0.25) is 0 Å². The minimum Gasteiger partial charge on any atom is -0.306 e. The second-order valence-corrected chi connectivity index (χ2v) is 13.4. The highest BCUT2D eigenvalue weighted by molar-refractivity contribution is 6.34. The molecule has 0 saturated carbocycles. The molecule has 0 aliphatic carbocycles. The molecule has 4 heteroatoms. The number of para-hydroxylation sites is 2. The summed E-state index contributed by atoms with van der Waals surface area (Å²) >= 11 is 0. The molecule has 230 valence electrons. The van der Waals surface area contributed by atoms with E-state index < -0.39 is 0 Å². The topological polar surface area (TPSA) is 35.1 Å². The van der Waals surface area contributed by atoms with Crippen LogP contribution in [0.25, 0.3) is 110 Å². The summed E-state index contributed by atoms with van der Waals surface area (Å²) in [5.41, 5.74) is 7.90. The molecule has 4 aromatic heterocycles. The van der Waals surface area contributed by atoms with E-state index in [0.29, 0.717) is 5.82 Å². The van der Waals surface area contributed by atoms with Crippen molar-refractivity contribution < 1.29 is 0 Å². The Bertz CT molecular complexity index is 3380. The van der Waals surface area contributed by atoms with E-state index in [0.717, 1.165) is 27.8 Å². The van der Waals surface area contributed by atoms with Crippen molar-refractivity contribution in [3.05, 3.63) is 158 Å². The molecule has 0 saturated heterocycles. The molecule has 8 aromatic carbocycles.